The van der Waals surface area contributed by atoms with Gasteiger partial charge < -0.3 is 10.4 Å². The van der Waals surface area contributed by atoms with Gasteiger partial charge in [-0.1, -0.05) is 29.8 Å². The van der Waals surface area contributed by atoms with E-state index >= 15 is 0 Å². The summed E-state index contributed by atoms with van der Waals surface area (Å²) in [5.41, 5.74) is 3.01. The first-order valence-corrected chi connectivity index (χ1v) is 6.92. The first-order chi connectivity index (χ1) is 9.04. The Labute approximate surface area is 116 Å². The summed E-state index contributed by atoms with van der Waals surface area (Å²) in [6, 6.07) is 8.46. The van der Waals surface area contributed by atoms with E-state index in [9.17, 15) is 4.79 Å². The number of benzene rings is 1. The monoisotopic (exact) mass is 276 g/mol. The molecule has 1 aromatic heterocycles. The van der Waals surface area contributed by atoms with Crippen molar-refractivity contribution in [2.75, 3.05) is 5.32 Å². The fourth-order valence-electron chi connectivity index (χ4n) is 1.73. The van der Waals surface area contributed by atoms with E-state index in [-0.39, 0.29) is 12.5 Å². The number of hydrogen-bond donors (Lipinski definition) is 2. The van der Waals surface area contributed by atoms with Gasteiger partial charge in [0.2, 0.25) is 0 Å². The Hall–Kier alpha value is -1.88. The van der Waals surface area contributed by atoms with Crippen molar-refractivity contribution < 1.29 is 9.90 Å². The average molecular weight is 276 g/mol. The number of anilines is 1. The zero-order valence-electron chi connectivity index (χ0n) is 10.9. The number of aliphatic carboxylic acids is 1. The fourth-order valence-corrected chi connectivity index (χ4v) is 2.53. The number of carboxylic acids is 1. The molecule has 0 fully saturated rings. The average Bonchev–Trinajstić information content (AvgIpc) is 2.76. The second kappa shape index (κ2) is 5.84. The summed E-state index contributed by atoms with van der Waals surface area (Å²) in [7, 11) is 0. The third-order valence-electron chi connectivity index (χ3n) is 2.80. The van der Waals surface area contributed by atoms with Crippen molar-refractivity contribution in [1.29, 1.82) is 0 Å². The molecule has 0 amide bonds. The van der Waals surface area contributed by atoms with E-state index in [4.69, 9.17) is 5.11 Å². The lowest BCUT2D eigenvalue weighted by Gasteiger charge is -2.13. The number of nitrogens with zero attached hydrogens (tertiary/aromatic N) is 1. The van der Waals surface area contributed by atoms with Gasteiger partial charge in [-0.15, -0.1) is 11.3 Å². The second-order valence-electron chi connectivity index (χ2n) is 4.49. The van der Waals surface area contributed by atoms with E-state index in [1.807, 2.05) is 0 Å². The molecule has 0 radical (unpaired) electrons. The summed E-state index contributed by atoms with van der Waals surface area (Å²) >= 11 is 1.43. The van der Waals surface area contributed by atoms with Crippen LogP contribution in [-0.2, 0) is 11.2 Å². The second-order valence-corrected chi connectivity index (χ2v) is 5.35. The molecule has 19 heavy (non-hydrogen) atoms. The van der Waals surface area contributed by atoms with Gasteiger partial charge >= 0.3 is 5.97 Å². The third-order valence-corrected chi connectivity index (χ3v) is 3.62. The van der Waals surface area contributed by atoms with Gasteiger partial charge in [0.05, 0.1) is 18.2 Å². The van der Waals surface area contributed by atoms with Crippen molar-refractivity contribution in [3.05, 3.63) is 46.5 Å². The third kappa shape index (κ3) is 3.79. The van der Waals surface area contributed by atoms with Crippen LogP contribution >= 0.6 is 11.3 Å². The van der Waals surface area contributed by atoms with Crippen LogP contribution in [0.3, 0.4) is 0 Å². The summed E-state index contributed by atoms with van der Waals surface area (Å²) in [6.07, 6.45) is -0.0307. The lowest BCUT2D eigenvalue weighted by atomic mass is 10.1. The standard InChI is InChI=1S/C14H16N2O2S/c1-9-3-5-11(6-4-9)10(2)15-14-16-12(8-19-14)7-13(17)18/h3-6,8,10H,7H2,1-2H3,(H,15,16)(H,17,18). The topological polar surface area (TPSA) is 62.2 Å². The highest BCUT2D eigenvalue weighted by atomic mass is 32.1. The maximum Gasteiger partial charge on any atom is 0.309 e. The lowest BCUT2D eigenvalue weighted by molar-refractivity contribution is -0.136. The predicted octanol–water partition coefficient (Wildman–Crippen LogP) is 3.25. The van der Waals surface area contributed by atoms with E-state index in [0.717, 1.165) is 5.13 Å². The summed E-state index contributed by atoms with van der Waals surface area (Å²) < 4.78 is 0. The summed E-state index contributed by atoms with van der Waals surface area (Å²) in [5.74, 6) is -0.858. The van der Waals surface area contributed by atoms with Crippen LogP contribution < -0.4 is 5.32 Å². The van der Waals surface area contributed by atoms with Crippen molar-refractivity contribution in [1.82, 2.24) is 4.98 Å². The van der Waals surface area contributed by atoms with Crippen LogP contribution in [0.1, 0.15) is 29.8 Å². The van der Waals surface area contributed by atoms with E-state index < -0.39 is 5.97 Å². The number of hydrogen-bond acceptors (Lipinski definition) is 4. The molecule has 0 saturated heterocycles. The molecule has 2 aromatic rings. The van der Waals surface area contributed by atoms with Crippen LogP contribution in [0.2, 0.25) is 0 Å². The van der Waals surface area contributed by atoms with Gasteiger partial charge in [-0.25, -0.2) is 4.98 Å². The van der Waals surface area contributed by atoms with E-state index in [1.165, 1.54) is 22.5 Å². The van der Waals surface area contributed by atoms with Crippen LogP contribution in [-0.4, -0.2) is 16.1 Å². The van der Waals surface area contributed by atoms with Gasteiger partial charge in [0.1, 0.15) is 0 Å². The van der Waals surface area contributed by atoms with Crippen molar-refractivity contribution in [2.45, 2.75) is 26.3 Å². The quantitative estimate of drug-likeness (QED) is 0.880. The molecule has 100 valence electrons. The molecule has 2 N–H and O–H groups in total. The van der Waals surface area contributed by atoms with Crippen molar-refractivity contribution >= 4 is 22.4 Å². The van der Waals surface area contributed by atoms with Gasteiger partial charge in [0, 0.05) is 5.38 Å². The molecule has 0 saturated carbocycles. The van der Waals surface area contributed by atoms with Crippen LogP contribution in [0.25, 0.3) is 0 Å². The number of aromatic nitrogens is 1. The molecule has 1 heterocycles. The molecule has 1 atom stereocenters. The first kappa shape index (κ1) is 13.5. The Bertz CT molecular complexity index is 563. The molecule has 0 spiro atoms. The minimum atomic E-state index is -0.858. The number of rotatable bonds is 5. The summed E-state index contributed by atoms with van der Waals surface area (Å²) in [5, 5.41) is 14.5. The molecule has 1 aromatic carbocycles. The highest BCUT2D eigenvalue weighted by Gasteiger charge is 2.09. The maximum atomic E-state index is 10.6. The Morgan fingerprint density at radius 2 is 2.11 bits per heavy atom. The van der Waals surface area contributed by atoms with Gasteiger partial charge in [-0.3, -0.25) is 4.79 Å². The summed E-state index contributed by atoms with van der Waals surface area (Å²) in [6.45, 7) is 4.11. The van der Waals surface area contributed by atoms with Crippen molar-refractivity contribution in [3.63, 3.8) is 0 Å². The first-order valence-electron chi connectivity index (χ1n) is 6.04. The van der Waals surface area contributed by atoms with Gasteiger partial charge in [0.25, 0.3) is 0 Å². The molecule has 2 rings (SSSR count). The van der Waals surface area contributed by atoms with Gasteiger partial charge in [0.15, 0.2) is 5.13 Å². The fraction of sp³-hybridized carbons (Fsp3) is 0.286. The van der Waals surface area contributed by atoms with Crippen LogP contribution in [0.5, 0.6) is 0 Å². The van der Waals surface area contributed by atoms with Crippen molar-refractivity contribution in [2.24, 2.45) is 0 Å². The Balaban J connectivity index is 2.02. The highest BCUT2D eigenvalue weighted by molar-refractivity contribution is 7.13. The normalized spacial score (nSPS) is 12.1. The van der Waals surface area contributed by atoms with E-state index in [1.54, 1.807) is 5.38 Å². The molecule has 5 heteroatoms. The van der Waals surface area contributed by atoms with Gasteiger partial charge in [-0.05, 0) is 19.4 Å². The molecule has 0 aliphatic carbocycles. The molecule has 4 nitrogen and oxygen atoms in total. The highest BCUT2D eigenvalue weighted by Crippen LogP contribution is 2.22. The zero-order chi connectivity index (χ0) is 13.8. The molecular formula is C14H16N2O2S. The summed E-state index contributed by atoms with van der Waals surface area (Å²) in [4.78, 5) is 14.9. The number of carbonyl (C=O) groups is 1. The Morgan fingerprint density at radius 1 is 1.42 bits per heavy atom. The molecule has 0 bridgehead atoms. The van der Waals surface area contributed by atoms with Crippen LogP contribution in [0, 0.1) is 6.92 Å². The largest absolute Gasteiger partial charge is 0.481 e. The number of carboxylic acid groups (broad SMARTS) is 1. The Morgan fingerprint density at radius 3 is 2.74 bits per heavy atom. The maximum absolute atomic E-state index is 10.6. The SMILES string of the molecule is Cc1ccc(C(C)Nc2nc(CC(=O)O)cs2)cc1. The molecule has 1 unspecified atom stereocenters. The van der Waals surface area contributed by atoms with E-state index in [2.05, 4.69) is 48.4 Å². The lowest BCUT2D eigenvalue weighted by Crippen LogP contribution is -2.07. The van der Waals surface area contributed by atoms with E-state index in [0.29, 0.717) is 5.69 Å². The minimum Gasteiger partial charge on any atom is -0.481 e. The number of thiazole rings is 1. The van der Waals surface area contributed by atoms with Crippen LogP contribution in [0.4, 0.5) is 5.13 Å². The number of aryl methyl sites for hydroxylation is 1. The zero-order valence-corrected chi connectivity index (χ0v) is 11.7. The molecular weight excluding hydrogens is 260 g/mol. The number of nitrogens with one attached hydrogen (secondary N) is 1. The van der Waals surface area contributed by atoms with Crippen molar-refractivity contribution in [3.8, 4) is 0 Å². The predicted molar refractivity (Wildman–Crippen MR) is 76.7 cm³/mol. The molecule has 0 aliphatic rings. The Kier molecular flexibility index (Phi) is 4.16. The minimum absolute atomic E-state index is 0.0307. The van der Waals surface area contributed by atoms with Crippen LogP contribution in [0.15, 0.2) is 29.6 Å². The smallest absolute Gasteiger partial charge is 0.309 e. The van der Waals surface area contributed by atoms with Gasteiger partial charge in [-0.2, -0.15) is 0 Å². The molecule has 0 aliphatic heterocycles.